The van der Waals surface area contributed by atoms with Crippen LogP contribution in [-0.2, 0) is 4.79 Å². The van der Waals surface area contributed by atoms with E-state index in [4.69, 9.17) is 11.6 Å². The van der Waals surface area contributed by atoms with Gasteiger partial charge in [-0.1, -0.05) is 11.6 Å². The second-order valence-electron chi connectivity index (χ2n) is 7.85. The van der Waals surface area contributed by atoms with Crippen LogP contribution in [0.5, 0.6) is 0 Å². The smallest absolute Gasteiger partial charge is 0.256 e. The second kappa shape index (κ2) is 8.91. The molecule has 0 saturated carbocycles. The van der Waals surface area contributed by atoms with Crippen LogP contribution >= 0.6 is 11.6 Å². The lowest BCUT2D eigenvalue weighted by Crippen LogP contribution is -2.46. The molecule has 7 nitrogen and oxygen atoms in total. The number of nitrogens with zero attached hydrogens (tertiary/aromatic N) is 1. The number of aliphatic hydroxyl groups is 1. The van der Waals surface area contributed by atoms with Gasteiger partial charge in [0.25, 0.3) is 5.91 Å². The molecule has 0 aliphatic carbocycles. The van der Waals surface area contributed by atoms with E-state index < -0.39 is 6.23 Å². The van der Waals surface area contributed by atoms with Crippen LogP contribution in [0.3, 0.4) is 0 Å². The van der Waals surface area contributed by atoms with Crippen molar-refractivity contribution < 1.29 is 9.90 Å². The molecule has 1 fully saturated rings. The summed E-state index contributed by atoms with van der Waals surface area (Å²) in [6.45, 7) is 9.59. The molecule has 0 bridgehead atoms. The Morgan fingerprint density at radius 3 is 2.83 bits per heavy atom. The van der Waals surface area contributed by atoms with Gasteiger partial charge in [0.15, 0.2) is 0 Å². The zero-order valence-corrected chi connectivity index (χ0v) is 18.1. The fraction of sp³-hybridized carbons (Fsp3) is 0.409. The Bertz CT molecular complexity index is 978. The number of anilines is 1. The quantitative estimate of drug-likeness (QED) is 0.359. The van der Waals surface area contributed by atoms with E-state index in [0.29, 0.717) is 17.1 Å². The standard InChI is InChI=1S/C22H28ClN5O2/c1-13-19(12-17-16-11-15(23)3-4-18(16)27-21(17)29)26-14(2)20(13)22(30)25-7-10-28-8-5-24-6-9-28/h3-4,11-12,22,24-26,30H,5-10H2,1-2H3,(H,27,29)/b17-12-. The van der Waals surface area contributed by atoms with Gasteiger partial charge in [-0.2, -0.15) is 0 Å². The minimum absolute atomic E-state index is 0.157. The maximum Gasteiger partial charge on any atom is 0.256 e. The third kappa shape index (κ3) is 4.31. The fourth-order valence-electron chi connectivity index (χ4n) is 4.19. The summed E-state index contributed by atoms with van der Waals surface area (Å²) in [6, 6.07) is 5.36. The number of benzene rings is 1. The second-order valence-corrected chi connectivity index (χ2v) is 8.29. The summed E-state index contributed by atoms with van der Waals surface area (Å²) >= 11 is 6.12. The van der Waals surface area contributed by atoms with Crippen LogP contribution in [0.2, 0.25) is 5.02 Å². The summed E-state index contributed by atoms with van der Waals surface area (Å²) < 4.78 is 0. The van der Waals surface area contributed by atoms with Crippen molar-refractivity contribution in [1.29, 1.82) is 0 Å². The van der Waals surface area contributed by atoms with E-state index in [1.807, 2.05) is 19.9 Å². The number of halogens is 1. The molecule has 160 valence electrons. The average Bonchev–Trinajstić information content (AvgIpc) is 3.18. The SMILES string of the molecule is Cc1[nH]c(/C=C2\C(=O)Nc3ccc(Cl)cc32)c(C)c1C(O)NCCN1CCNCC1. The summed E-state index contributed by atoms with van der Waals surface area (Å²) in [6.07, 6.45) is 1.06. The molecule has 2 aliphatic rings. The van der Waals surface area contributed by atoms with Crippen LogP contribution in [-0.4, -0.2) is 60.2 Å². The Morgan fingerprint density at radius 1 is 1.30 bits per heavy atom. The molecule has 8 heteroatoms. The molecule has 0 radical (unpaired) electrons. The predicted molar refractivity (Wildman–Crippen MR) is 120 cm³/mol. The molecule has 3 heterocycles. The lowest BCUT2D eigenvalue weighted by molar-refractivity contribution is -0.110. The number of piperazine rings is 1. The largest absolute Gasteiger partial charge is 0.374 e. The van der Waals surface area contributed by atoms with E-state index in [0.717, 1.165) is 66.5 Å². The van der Waals surface area contributed by atoms with Crippen LogP contribution in [0, 0.1) is 13.8 Å². The minimum Gasteiger partial charge on any atom is -0.374 e. The van der Waals surface area contributed by atoms with E-state index in [1.54, 1.807) is 18.2 Å². The van der Waals surface area contributed by atoms with Gasteiger partial charge in [0, 0.05) is 72.5 Å². The van der Waals surface area contributed by atoms with Crippen LogP contribution in [0.4, 0.5) is 5.69 Å². The number of aromatic nitrogens is 1. The molecule has 2 aromatic rings. The van der Waals surface area contributed by atoms with Gasteiger partial charge < -0.3 is 20.7 Å². The highest BCUT2D eigenvalue weighted by Crippen LogP contribution is 2.36. The highest BCUT2D eigenvalue weighted by Gasteiger charge is 2.26. The van der Waals surface area contributed by atoms with E-state index >= 15 is 0 Å². The molecule has 5 N–H and O–H groups in total. The maximum absolute atomic E-state index is 12.5. The van der Waals surface area contributed by atoms with Gasteiger partial charge >= 0.3 is 0 Å². The Kier molecular flexibility index (Phi) is 6.26. The average molecular weight is 430 g/mol. The minimum atomic E-state index is -0.768. The number of fused-ring (bicyclic) bond motifs is 1. The van der Waals surface area contributed by atoms with Gasteiger partial charge in [0.2, 0.25) is 0 Å². The van der Waals surface area contributed by atoms with Crippen molar-refractivity contribution in [3.8, 4) is 0 Å². The van der Waals surface area contributed by atoms with E-state index in [1.165, 1.54) is 0 Å². The third-order valence-corrected chi connectivity index (χ3v) is 6.07. The zero-order valence-electron chi connectivity index (χ0n) is 17.3. The molecule has 2 aliphatic heterocycles. The van der Waals surface area contributed by atoms with Crippen molar-refractivity contribution >= 4 is 34.8 Å². The molecule has 30 heavy (non-hydrogen) atoms. The summed E-state index contributed by atoms with van der Waals surface area (Å²) in [7, 11) is 0. The zero-order chi connectivity index (χ0) is 21.3. The van der Waals surface area contributed by atoms with Gasteiger partial charge in [-0.25, -0.2) is 0 Å². The molecule has 1 aromatic heterocycles. The molecule has 1 atom stereocenters. The van der Waals surface area contributed by atoms with Crippen LogP contribution < -0.4 is 16.0 Å². The topological polar surface area (TPSA) is 92.4 Å². The summed E-state index contributed by atoms with van der Waals surface area (Å²) in [5, 5.41) is 20.8. The number of aliphatic hydroxyl groups excluding tert-OH is 1. The van der Waals surface area contributed by atoms with Crippen LogP contribution in [0.15, 0.2) is 18.2 Å². The van der Waals surface area contributed by atoms with Gasteiger partial charge in [-0.15, -0.1) is 0 Å². The van der Waals surface area contributed by atoms with Gasteiger partial charge in [-0.3, -0.25) is 15.0 Å². The number of aromatic amines is 1. The first-order chi connectivity index (χ1) is 14.4. The Morgan fingerprint density at radius 2 is 2.07 bits per heavy atom. The summed E-state index contributed by atoms with van der Waals surface area (Å²) in [5.41, 5.74) is 5.54. The maximum atomic E-state index is 12.5. The van der Waals surface area contributed by atoms with Crippen LogP contribution in [0.25, 0.3) is 11.6 Å². The Balaban J connectivity index is 1.50. The van der Waals surface area contributed by atoms with Crippen molar-refractivity contribution in [2.75, 3.05) is 44.6 Å². The number of carbonyl (C=O) groups excluding carboxylic acids is 1. The number of carbonyl (C=O) groups is 1. The molecule has 1 amide bonds. The van der Waals surface area contributed by atoms with E-state index in [-0.39, 0.29) is 5.91 Å². The molecule has 1 aromatic carbocycles. The van der Waals surface area contributed by atoms with Crippen LogP contribution in [0.1, 0.15) is 34.3 Å². The van der Waals surface area contributed by atoms with Crippen molar-refractivity contribution in [2.24, 2.45) is 0 Å². The third-order valence-electron chi connectivity index (χ3n) is 5.84. The molecular formula is C22H28ClN5O2. The first-order valence-electron chi connectivity index (χ1n) is 10.3. The highest BCUT2D eigenvalue weighted by molar-refractivity contribution is 6.36. The lowest BCUT2D eigenvalue weighted by Gasteiger charge is -2.27. The fourth-order valence-corrected chi connectivity index (χ4v) is 4.36. The lowest BCUT2D eigenvalue weighted by atomic mass is 10.0. The van der Waals surface area contributed by atoms with Gasteiger partial charge in [0.05, 0.1) is 5.57 Å². The predicted octanol–water partition coefficient (Wildman–Crippen LogP) is 2.26. The van der Waals surface area contributed by atoms with Crippen molar-refractivity contribution in [3.63, 3.8) is 0 Å². The van der Waals surface area contributed by atoms with Gasteiger partial charge in [-0.05, 0) is 43.7 Å². The molecule has 0 spiro atoms. The number of nitrogens with one attached hydrogen (secondary N) is 4. The highest BCUT2D eigenvalue weighted by atomic mass is 35.5. The first kappa shape index (κ1) is 21.1. The van der Waals surface area contributed by atoms with E-state index in [9.17, 15) is 9.90 Å². The molecular weight excluding hydrogens is 402 g/mol. The number of rotatable bonds is 6. The number of aryl methyl sites for hydroxylation is 1. The van der Waals surface area contributed by atoms with Crippen molar-refractivity contribution in [3.05, 3.63) is 51.3 Å². The molecule has 4 rings (SSSR count). The number of hydrogen-bond donors (Lipinski definition) is 5. The summed E-state index contributed by atoms with van der Waals surface area (Å²) in [5.74, 6) is -0.157. The number of H-pyrrole nitrogens is 1. The van der Waals surface area contributed by atoms with Crippen molar-refractivity contribution in [1.82, 2.24) is 20.5 Å². The monoisotopic (exact) mass is 429 g/mol. The normalized spacial score (nSPS) is 19.2. The Hall–Kier alpha value is -2.16. The Labute approximate surface area is 181 Å². The van der Waals surface area contributed by atoms with Gasteiger partial charge in [0.1, 0.15) is 6.23 Å². The number of hydrogen-bond acceptors (Lipinski definition) is 5. The molecule has 1 unspecified atom stereocenters. The van der Waals surface area contributed by atoms with Crippen molar-refractivity contribution in [2.45, 2.75) is 20.1 Å². The van der Waals surface area contributed by atoms with E-state index in [2.05, 4.69) is 25.8 Å². The molecule has 1 saturated heterocycles. The first-order valence-corrected chi connectivity index (χ1v) is 10.7. The summed E-state index contributed by atoms with van der Waals surface area (Å²) in [4.78, 5) is 18.2. The number of amides is 1.